The summed E-state index contributed by atoms with van der Waals surface area (Å²) >= 11 is 0. The summed E-state index contributed by atoms with van der Waals surface area (Å²) in [5, 5.41) is 13.9. The van der Waals surface area contributed by atoms with E-state index in [0.717, 1.165) is 0 Å². The summed E-state index contributed by atoms with van der Waals surface area (Å²) in [4.78, 5) is 58.4. The van der Waals surface area contributed by atoms with Crippen LogP contribution in [0.2, 0.25) is 0 Å². The molecule has 168 valence electrons. The van der Waals surface area contributed by atoms with Crippen LogP contribution in [0.4, 0.5) is 11.6 Å². The highest BCUT2D eigenvalue weighted by molar-refractivity contribution is 5.96. The summed E-state index contributed by atoms with van der Waals surface area (Å²) in [6.45, 7) is 3.28. The lowest BCUT2D eigenvalue weighted by atomic mass is 10.2. The molecule has 0 atom stereocenters. The number of nitrogen functional groups attached to an aromatic ring is 1. The third kappa shape index (κ3) is 7.16. The first-order valence-electron chi connectivity index (χ1n) is 9.54. The number of hydrogen-bond donors (Lipinski definition) is 5. The number of H-pyrrole nitrogens is 1. The van der Waals surface area contributed by atoms with Gasteiger partial charge >= 0.3 is 5.97 Å². The van der Waals surface area contributed by atoms with Crippen molar-refractivity contribution in [2.24, 2.45) is 0 Å². The zero-order valence-electron chi connectivity index (χ0n) is 17.5. The first kappa shape index (κ1) is 23.9. The van der Waals surface area contributed by atoms with Gasteiger partial charge in [-0.15, -0.1) is 0 Å². The highest BCUT2D eigenvalue weighted by Gasteiger charge is 2.08. The molecule has 0 aliphatic rings. The fourth-order valence-electron chi connectivity index (χ4n) is 2.25. The number of fused-ring (bicyclic) bond motifs is 1. The quantitative estimate of drug-likeness (QED) is 0.348. The number of benzene rings is 1. The molecule has 0 aliphatic carbocycles. The minimum atomic E-state index is -1.12. The first-order chi connectivity index (χ1) is 15.2. The highest BCUT2D eigenvalue weighted by Crippen LogP contribution is 2.11. The molecule has 2 heterocycles. The third-order valence-electron chi connectivity index (χ3n) is 4.00. The average molecular weight is 441 g/mol. The van der Waals surface area contributed by atoms with Crippen LogP contribution >= 0.6 is 0 Å². The van der Waals surface area contributed by atoms with Gasteiger partial charge in [-0.2, -0.15) is 4.98 Å². The van der Waals surface area contributed by atoms with E-state index in [-0.39, 0.29) is 29.4 Å². The van der Waals surface area contributed by atoms with Gasteiger partial charge in [-0.05, 0) is 31.2 Å². The van der Waals surface area contributed by atoms with Crippen LogP contribution in [0, 0.1) is 0 Å². The number of Topliss-reactive ketones (excluding diaryl/α,β-unsaturated/α-hetero) is 1. The summed E-state index contributed by atoms with van der Waals surface area (Å²) in [5.41, 5.74) is 6.80. The normalized spacial score (nSPS) is 10.1. The largest absolute Gasteiger partial charge is 0.480 e. The Balaban J connectivity index is 0.000000654. The fraction of sp³-hybridized carbons (Fsp3) is 0.250. The molecule has 2 aromatic heterocycles. The van der Waals surface area contributed by atoms with Crippen molar-refractivity contribution in [3.05, 3.63) is 52.1 Å². The minimum Gasteiger partial charge on any atom is -0.480 e. The molecule has 3 rings (SSSR count). The van der Waals surface area contributed by atoms with Gasteiger partial charge in [0.1, 0.15) is 12.3 Å². The molecule has 0 saturated carbocycles. The molecular weight excluding hydrogens is 418 g/mol. The first-order valence-corrected chi connectivity index (χ1v) is 9.54. The Labute approximate surface area is 182 Å². The van der Waals surface area contributed by atoms with Gasteiger partial charge in [-0.3, -0.25) is 19.4 Å². The summed E-state index contributed by atoms with van der Waals surface area (Å²) in [6, 6.07) is 6.45. The second-order valence-electron chi connectivity index (χ2n) is 6.55. The van der Waals surface area contributed by atoms with E-state index < -0.39 is 24.0 Å². The van der Waals surface area contributed by atoms with Gasteiger partial charge in [0.05, 0.1) is 18.4 Å². The Bertz CT molecular complexity index is 1180. The topological polar surface area (TPSA) is 193 Å². The number of rotatable bonds is 7. The zero-order chi connectivity index (χ0) is 23.7. The van der Waals surface area contributed by atoms with Crippen LogP contribution in [-0.2, 0) is 16.1 Å². The van der Waals surface area contributed by atoms with Crippen molar-refractivity contribution >= 4 is 40.5 Å². The van der Waals surface area contributed by atoms with Crippen molar-refractivity contribution in [1.82, 2.24) is 25.3 Å². The highest BCUT2D eigenvalue weighted by atomic mass is 16.4. The molecule has 0 aliphatic heterocycles. The van der Waals surface area contributed by atoms with E-state index in [0.29, 0.717) is 23.4 Å². The van der Waals surface area contributed by atoms with Crippen LogP contribution < -0.4 is 21.9 Å². The Morgan fingerprint density at radius 2 is 1.81 bits per heavy atom. The van der Waals surface area contributed by atoms with Gasteiger partial charge in [0.15, 0.2) is 11.2 Å². The molecule has 0 bridgehead atoms. The van der Waals surface area contributed by atoms with E-state index >= 15 is 0 Å². The van der Waals surface area contributed by atoms with E-state index in [9.17, 15) is 19.2 Å². The smallest absolute Gasteiger partial charge is 0.322 e. The number of aromatic amines is 1. The number of nitrogens with two attached hydrogens (primary N) is 1. The van der Waals surface area contributed by atoms with Crippen LogP contribution in [0.1, 0.15) is 36.3 Å². The van der Waals surface area contributed by atoms with Crippen LogP contribution in [0.3, 0.4) is 0 Å². The lowest BCUT2D eigenvalue weighted by molar-refractivity contribution is -0.135. The molecule has 32 heavy (non-hydrogen) atoms. The second kappa shape index (κ2) is 11.2. The Hall–Kier alpha value is -4.35. The number of ketones is 1. The van der Waals surface area contributed by atoms with Gasteiger partial charge in [-0.25, -0.2) is 9.97 Å². The number of anilines is 2. The molecule has 0 unspecified atom stereocenters. The minimum absolute atomic E-state index is 0.0276. The van der Waals surface area contributed by atoms with Gasteiger partial charge in [0.2, 0.25) is 5.95 Å². The van der Waals surface area contributed by atoms with Crippen LogP contribution in [0.25, 0.3) is 11.2 Å². The number of nitrogens with zero attached hydrogens (tertiary/aromatic N) is 3. The van der Waals surface area contributed by atoms with Crippen molar-refractivity contribution in [3.63, 3.8) is 0 Å². The van der Waals surface area contributed by atoms with Crippen molar-refractivity contribution < 1.29 is 19.5 Å². The second-order valence-corrected chi connectivity index (χ2v) is 6.55. The fourth-order valence-corrected chi connectivity index (χ4v) is 2.25. The molecule has 1 aromatic carbocycles. The SMILES string of the molecule is CCC(C)=O.Nc1nc2ncc(CNc3ccc(C(=O)NCC(=O)O)cc3)nc2c(=O)[nH]1. The summed E-state index contributed by atoms with van der Waals surface area (Å²) < 4.78 is 0. The monoisotopic (exact) mass is 441 g/mol. The molecular formula is C20H23N7O5. The predicted octanol–water partition coefficient (Wildman–Crippen LogP) is 0.707. The Morgan fingerprint density at radius 1 is 1.16 bits per heavy atom. The molecule has 0 saturated heterocycles. The number of nitrogens with one attached hydrogen (secondary N) is 3. The lowest BCUT2D eigenvalue weighted by Crippen LogP contribution is -2.29. The van der Waals surface area contributed by atoms with E-state index in [4.69, 9.17) is 10.8 Å². The van der Waals surface area contributed by atoms with Crippen molar-refractivity contribution in [1.29, 1.82) is 0 Å². The lowest BCUT2D eigenvalue weighted by Gasteiger charge is -2.08. The number of carbonyl (C=O) groups excluding carboxylic acids is 2. The number of carboxylic acids is 1. The van der Waals surface area contributed by atoms with Gasteiger partial charge in [0, 0.05) is 17.7 Å². The number of carbonyl (C=O) groups is 3. The van der Waals surface area contributed by atoms with E-state index in [2.05, 4.69) is 30.6 Å². The maximum absolute atomic E-state index is 11.8. The molecule has 0 spiro atoms. The van der Waals surface area contributed by atoms with Gasteiger partial charge < -0.3 is 26.3 Å². The van der Waals surface area contributed by atoms with Crippen molar-refractivity contribution in [3.8, 4) is 0 Å². The standard InChI is InChI=1S/C16H15N7O4.C4H8O/c17-16-22-13-12(15(27)23-16)21-10(6-19-13)5-18-9-3-1-8(2-4-9)14(26)20-7-11(24)25;1-3-4(2)5/h1-4,6,18H,5,7H2,(H,20,26)(H,24,25)(H3,17,19,22,23,27);3H2,1-2H3. The number of aliphatic carboxylic acids is 1. The third-order valence-corrected chi connectivity index (χ3v) is 4.00. The number of carboxylic acid groups (broad SMARTS) is 1. The molecule has 0 fully saturated rings. The van der Waals surface area contributed by atoms with E-state index in [1.807, 2.05) is 6.92 Å². The molecule has 6 N–H and O–H groups in total. The van der Waals surface area contributed by atoms with E-state index in [1.54, 1.807) is 31.2 Å². The number of aromatic nitrogens is 4. The summed E-state index contributed by atoms with van der Waals surface area (Å²) in [6.07, 6.45) is 2.15. The molecule has 12 heteroatoms. The van der Waals surface area contributed by atoms with Crippen LogP contribution in [0.15, 0.2) is 35.3 Å². The summed E-state index contributed by atoms with van der Waals surface area (Å²) in [7, 11) is 0. The predicted molar refractivity (Wildman–Crippen MR) is 117 cm³/mol. The van der Waals surface area contributed by atoms with Gasteiger partial charge in [-0.1, -0.05) is 6.92 Å². The molecule has 1 amide bonds. The zero-order valence-corrected chi connectivity index (χ0v) is 17.5. The molecule has 12 nitrogen and oxygen atoms in total. The maximum atomic E-state index is 11.8. The molecule has 0 radical (unpaired) electrons. The number of amides is 1. The molecule has 3 aromatic rings. The Morgan fingerprint density at radius 3 is 2.41 bits per heavy atom. The average Bonchev–Trinajstić information content (AvgIpc) is 2.76. The number of hydrogen-bond acceptors (Lipinski definition) is 9. The van der Waals surface area contributed by atoms with E-state index in [1.165, 1.54) is 6.20 Å². The summed E-state index contributed by atoms with van der Waals surface area (Å²) in [5.74, 6) is -1.37. The maximum Gasteiger partial charge on any atom is 0.322 e. The van der Waals surface area contributed by atoms with Crippen LogP contribution in [-0.4, -0.2) is 49.2 Å². The van der Waals surface area contributed by atoms with Crippen molar-refractivity contribution in [2.75, 3.05) is 17.6 Å². The van der Waals surface area contributed by atoms with Crippen LogP contribution in [0.5, 0.6) is 0 Å². The van der Waals surface area contributed by atoms with Gasteiger partial charge in [0.25, 0.3) is 11.5 Å². The Kier molecular flexibility index (Phi) is 8.34. The van der Waals surface area contributed by atoms with Crippen molar-refractivity contribution in [2.45, 2.75) is 26.8 Å².